The Morgan fingerprint density at radius 1 is 1.25 bits per heavy atom. The van der Waals surface area contributed by atoms with Crippen molar-refractivity contribution in [2.45, 2.75) is 33.7 Å². The number of halogens is 1. The van der Waals surface area contributed by atoms with Crippen molar-refractivity contribution >= 4 is 50.7 Å². The Morgan fingerprint density at radius 3 is 2.66 bits per heavy atom. The summed E-state index contributed by atoms with van der Waals surface area (Å²) >= 11 is 7.15. The van der Waals surface area contributed by atoms with Gasteiger partial charge in [0.1, 0.15) is 11.4 Å². The highest BCUT2D eigenvalue weighted by Gasteiger charge is 2.26. The fourth-order valence-corrected chi connectivity index (χ4v) is 5.58. The molecule has 0 unspecified atom stereocenters. The second-order valence-electron chi connectivity index (χ2n) is 8.62. The van der Waals surface area contributed by atoms with E-state index in [1.165, 1.54) is 10.9 Å². The molecule has 1 aliphatic rings. The number of nitrogens with one attached hydrogen (secondary N) is 1. The number of amides is 2. The number of carbonyl (C=O) groups is 2. The number of benzene rings is 1. The summed E-state index contributed by atoms with van der Waals surface area (Å²) in [5.74, 6) is 0.476. The minimum Gasteiger partial charge on any atom is -0.341 e. The predicted octanol–water partition coefficient (Wildman–Crippen LogP) is 4.18. The molecule has 3 heterocycles. The highest BCUT2D eigenvalue weighted by atomic mass is 35.5. The van der Waals surface area contributed by atoms with Crippen molar-refractivity contribution in [2.75, 3.05) is 18.4 Å². The third-order valence-electron chi connectivity index (χ3n) is 5.73. The van der Waals surface area contributed by atoms with Crippen LogP contribution in [0.15, 0.2) is 35.4 Å². The maximum absolute atomic E-state index is 13.1. The maximum atomic E-state index is 13.1. The van der Waals surface area contributed by atoms with E-state index in [2.05, 4.69) is 24.1 Å². The van der Waals surface area contributed by atoms with Crippen molar-refractivity contribution in [1.82, 2.24) is 14.5 Å². The summed E-state index contributed by atoms with van der Waals surface area (Å²) in [5, 5.41) is 3.70. The van der Waals surface area contributed by atoms with Gasteiger partial charge < -0.3 is 10.2 Å². The van der Waals surface area contributed by atoms with Gasteiger partial charge >= 0.3 is 0 Å². The lowest BCUT2D eigenvalue weighted by molar-refractivity contribution is -0.134. The van der Waals surface area contributed by atoms with E-state index >= 15 is 0 Å². The lowest BCUT2D eigenvalue weighted by atomic mass is 9.92. The second-order valence-corrected chi connectivity index (χ2v) is 10.1. The summed E-state index contributed by atoms with van der Waals surface area (Å²) in [7, 11) is 0. The smallest absolute Gasteiger partial charge is 0.266 e. The number of likely N-dealkylation sites (tertiary alicyclic amines) is 1. The number of rotatable bonds is 4. The number of aromatic nitrogens is 2. The Bertz CT molecular complexity index is 1240. The third-order valence-corrected chi connectivity index (χ3v) is 7.17. The molecule has 168 valence electrons. The van der Waals surface area contributed by atoms with E-state index in [1.54, 1.807) is 31.2 Å². The van der Waals surface area contributed by atoms with Crippen molar-refractivity contribution in [2.24, 2.45) is 11.8 Å². The third kappa shape index (κ3) is 4.56. The first-order chi connectivity index (χ1) is 15.2. The van der Waals surface area contributed by atoms with Gasteiger partial charge in [0.25, 0.3) is 11.5 Å². The zero-order valence-corrected chi connectivity index (χ0v) is 19.8. The number of thiophene rings is 1. The lowest BCUT2D eigenvalue weighted by Crippen LogP contribution is -2.44. The van der Waals surface area contributed by atoms with Crippen LogP contribution in [-0.2, 0) is 11.3 Å². The number of anilines is 1. The van der Waals surface area contributed by atoms with Crippen LogP contribution in [0.4, 0.5) is 5.69 Å². The molecule has 0 aliphatic carbocycles. The molecule has 1 fully saturated rings. The van der Waals surface area contributed by atoms with Crippen LogP contribution in [0.3, 0.4) is 0 Å². The van der Waals surface area contributed by atoms with E-state index in [0.717, 1.165) is 17.8 Å². The zero-order chi connectivity index (χ0) is 23.0. The first-order valence-electron chi connectivity index (χ1n) is 10.6. The first kappa shape index (κ1) is 22.5. The van der Waals surface area contributed by atoms with Gasteiger partial charge in [0, 0.05) is 23.8 Å². The summed E-state index contributed by atoms with van der Waals surface area (Å²) in [5.41, 5.74) is 0.821. The molecule has 7 nitrogen and oxygen atoms in total. The minimum absolute atomic E-state index is 0.0550. The average Bonchev–Trinajstić information content (AvgIpc) is 3.06. The van der Waals surface area contributed by atoms with Gasteiger partial charge in [0.05, 0.1) is 16.6 Å². The number of piperidine rings is 1. The van der Waals surface area contributed by atoms with Crippen molar-refractivity contribution in [3.63, 3.8) is 0 Å². The largest absolute Gasteiger partial charge is 0.341 e. The first-order valence-corrected chi connectivity index (χ1v) is 11.8. The molecule has 1 aliphatic heterocycles. The van der Waals surface area contributed by atoms with Gasteiger partial charge in [-0.05, 0) is 48.9 Å². The van der Waals surface area contributed by atoms with Crippen LogP contribution in [0.5, 0.6) is 0 Å². The number of aryl methyl sites for hydroxylation is 1. The van der Waals surface area contributed by atoms with Gasteiger partial charge in [-0.3, -0.25) is 19.0 Å². The lowest BCUT2D eigenvalue weighted by Gasteiger charge is -2.35. The molecule has 0 radical (unpaired) electrons. The van der Waals surface area contributed by atoms with Crippen LogP contribution in [-0.4, -0.2) is 39.4 Å². The Balaban J connectivity index is 1.59. The van der Waals surface area contributed by atoms with Gasteiger partial charge in [-0.1, -0.05) is 31.5 Å². The Labute approximate surface area is 195 Å². The summed E-state index contributed by atoms with van der Waals surface area (Å²) < 4.78 is 1.34. The summed E-state index contributed by atoms with van der Waals surface area (Å²) in [6.07, 6.45) is 2.50. The number of hydrogen-bond donors (Lipinski definition) is 1. The van der Waals surface area contributed by atoms with Crippen LogP contribution in [0.25, 0.3) is 10.2 Å². The second kappa shape index (κ2) is 9.03. The van der Waals surface area contributed by atoms with Crippen molar-refractivity contribution in [3.8, 4) is 0 Å². The van der Waals surface area contributed by atoms with E-state index in [1.807, 2.05) is 4.90 Å². The van der Waals surface area contributed by atoms with Crippen molar-refractivity contribution in [3.05, 3.63) is 56.4 Å². The van der Waals surface area contributed by atoms with E-state index in [9.17, 15) is 14.4 Å². The average molecular weight is 473 g/mol. The monoisotopic (exact) mass is 472 g/mol. The molecular weight excluding hydrogens is 448 g/mol. The normalized spacial score (nSPS) is 18.7. The SMILES string of the molecule is Cc1c(C(=O)Nc2cccc(Cl)c2)sc2ncn(CC(=O)N3C[C@H](C)C[C@@H](C)C3)c(=O)c12. The molecule has 32 heavy (non-hydrogen) atoms. The van der Waals surface area contributed by atoms with Gasteiger partial charge in [-0.15, -0.1) is 11.3 Å². The molecule has 9 heteroatoms. The van der Waals surface area contributed by atoms with Gasteiger partial charge in [-0.2, -0.15) is 0 Å². The van der Waals surface area contributed by atoms with Crippen LogP contribution >= 0.6 is 22.9 Å². The fraction of sp³-hybridized carbons (Fsp3) is 0.391. The zero-order valence-electron chi connectivity index (χ0n) is 18.2. The molecule has 1 saturated heterocycles. The van der Waals surface area contributed by atoms with Crippen molar-refractivity contribution < 1.29 is 9.59 Å². The molecule has 0 spiro atoms. The molecule has 1 aromatic carbocycles. The highest BCUT2D eigenvalue weighted by Crippen LogP contribution is 2.28. The molecule has 4 rings (SSSR count). The van der Waals surface area contributed by atoms with Crippen LogP contribution in [0, 0.1) is 18.8 Å². The number of nitrogens with zero attached hydrogens (tertiary/aromatic N) is 3. The predicted molar refractivity (Wildman–Crippen MR) is 128 cm³/mol. The number of carbonyl (C=O) groups excluding carboxylic acids is 2. The van der Waals surface area contributed by atoms with E-state index < -0.39 is 0 Å². The molecule has 0 bridgehead atoms. The van der Waals surface area contributed by atoms with E-state index in [0.29, 0.717) is 56.3 Å². The number of hydrogen-bond acceptors (Lipinski definition) is 5. The minimum atomic E-state index is -0.328. The Morgan fingerprint density at radius 2 is 1.97 bits per heavy atom. The molecule has 0 saturated carbocycles. The molecule has 2 amide bonds. The topological polar surface area (TPSA) is 84.3 Å². The quantitative estimate of drug-likeness (QED) is 0.617. The van der Waals surface area contributed by atoms with Gasteiger partial charge in [0.15, 0.2) is 0 Å². The maximum Gasteiger partial charge on any atom is 0.266 e. The summed E-state index contributed by atoms with van der Waals surface area (Å²) in [4.78, 5) is 45.9. The van der Waals surface area contributed by atoms with Crippen LogP contribution < -0.4 is 10.9 Å². The molecule has 2 atom stereocenters. The van der Waals surface area contributed by atoms with Crippen LogP contribution in [0.2, 0.25) is 5.02 Å². The fourth-order valence-electron chi connectivity index (χ4n) is 4.35. The Kier molecular flexibility index (Phi) is 6.35. The molecular formula is C23H25ClN4O3S. The highest BCUT2D eigenvalue weighted by molar-refractivity contribution is 7.20. The standard InChI is InChI=1S/C23H25ClN4O3S/c1-13-7-14(2)10-27(9-13)18(29)11-28-12-25-22-19(23(28)31)15(3)20(32-22)21(30)26-17-6-4-5-16(24)8-17/h4-6,8,12-14H,7,9-11H2,1-3H3,(H,26,30)/t13-,14-/m1/s1. The molecule has 2 aromatic heterocycles. The summed E-state index contributed by atoms with van der Waals surface area (Å²) in [6, 6.07) is 6.87. The van der Waals surface area contributed by atoms with E-state index in [4.69, 9.17) is 11.6 Å². The van der Waals surface area contributed by atoms with Gasteiger partial charge in [-0.25, -0.2) is 4.98 Å². The van der Waals surface area contributed by atoms with E-state index in [-0.39, 0.29) is 23.9 Å². The Hall–Kier alpha value is -2.71. The van der Waals surface area contributed by atoms with Crippen LogP contribution in [0.1, 0.15) is 35.5 Å². The molecule has 1 N–H and O–H groups in total. The molecule has 3 aromatic rings. The van der Waals surface area contributed by atoms with Gasteiger partial charge in [0.2, 0.25) is 5.91 Å². The summed E-state index contributed by atoms with van der Waals surface area (Å²) in [6.45, 7) is 7.37. The van der Waals surface area contributed by atoms with Crippen molar-refractivity contribution in [1.29, 1.82) is 0 Å². The number of fused-ring (bicyclic) bond motifs is 1.